The zero-order valence-corrected chi connectivity index (χ0v) is 19.0. The van der Waals surface area contributed by atoms with Crippen molar-refractivity contribution in [2.24, 2.45) is 0 Å². The molecule has 1 fully saturated rings. The van der Waals surface area contributed by atoms with Crippen molar-refractivity contribution in [1.29, 1.82) is 0 Å². The van der Waals surface area contributed by atoms with Crippen molar-refractivity contribution in [3.8, 4) is 0 Å². The van der Waals surface area contributed by atoms with E-state index in [1.165, 1.54) is 22.7 Å². The number of anilines is 2. The molecule has 3 heterocycles. The lowest BCUT2D eigenvalue weighted by atomic mass is 10.1. The Bertz CT molecular complexity index is 1180. The number of nitrogens with one attached hydrogen (secondary N) is 2. The number of hydrogen-bond acceptors (Lipinski definition) is 6. The number of rotatable bonds is 6. The van der Waals surface area contributed by atoms with Gasteiger partial charge in [0.05, 0.1) is 11.4 Å². The second-order valence-electron chi connectivity index (χ2n) is 7.39. The molecule has 1 aromatic carbocycles. The second-order valence-corrected chi connectivity index (χ2v) is 9.34. The van der Waals surface area contributed by atoms with E-state index in [-0.39, 0.29) is 18.2 Å². The van der Waals surface area contributed by atoms with E-state index in [0.29, 0.717) is 29.1 Å². The van der Waals surface area contributed by atoms with E-state index in [9.17, 15) is 19.2 Å². The molecule has 1 aliphatic rings. The molecule has 2 aromatic heterocycles. The van der Waals surface area contributed by atoms with Gasteiger partial charge in [0.15, 0.2) is 0 Å². The molecule has 3 aromatic rings. The van der Waals surface area contributed by atoms with Crippen LogP contribution < -0.4 is 15.5 Å². The summed E-state index contributed by atoms with van der Waals surface area (Å²) >= 11 is 2.75. The predicted molar refractivity (Wildman–Crippen MR) is 125 cm³/mol. The highest BCUT2D eigenvalue weighted by atomic mass is 32.1. The fraction of sp³-hybridized carbons (Fsp3) is 0.217. The van der Waals surface area contributed by atoms with Crippen LogP contribution in [0.4, 0.5) is 11.4 Å². The van der Waals surface area contributed by atoms with Gasteiger partial charge in [-0.3, -0.25) is 19.2 Å². The van der Waals surface area contributed by atoms with Crippen LogP contribution in [0.2, 0.25) is 0 Å². The van der Waals surface area contributed by atoms with Crippen molar-refractivity contribution in [3.63, 3.8) is 0 Å². The Hall–Kier alpha value is -3.30. The monoisotopic (exact) mass is 467 g/mol. The second kappa shape index (κ2) is 9.46. The number of hydrogen-bond donors (Lipinski definition) is 2. The van der Waals surface area contributed by atoms with Crippen molar-refractivity contribution >= 4 is 57.6 Å². The summed E-state index contributed by atoms with van der Waals surface area (Å²) in [7, 11) is 0. The summed E-state index contributed by atoms with van der Waals surface area (Å²) in [6.45, 7) is 2.70. The van der Waals surface area contributed by atoms with Crippen LogP contribution >= 0.6 is 22.7 Å². The first-order valence-electron chi connectivity index (χ1n) is 10.1. The van der Waals surface area contributed by atoms with Crippen LogP contribution in [0, 0.1) is 6.92 Å². The molecule has 4 rings (SSSR count). The lowest BCUT2D eigenvalue weighted by Gasteiger charge is -2.19. The largest absolute Gasteiger partial charge is 0.343 e. The summed E-state index contributed by atoms with van der Waals surface area (Å²) in [5.41, 5.74) is 2.76. The van der Waals surface area contributed by atoms with E-state index in [1.54, 1.807) is 40.6 Å². The summed E-state index contributed by atoms with van der Waals surface area (Å²) in [5.74, 6) is -1.57. The van der Waals surface area contributed by atoms with Crippen LogP contribution in [0.25, 0.3) is 0 Å². The Kier molecular flexibility index (Phi) is 6.48. The van der Waals surface area contributed by atoms with Gasteiger partial charge in [0.1, 0.15) is 0 Å². The Labute approximate surface area is 193 Å². The average molecular weight is 468 g/mol. The highest BCUT2D eigenvalue weighted by Crippen LogP contribution is 2.28. The summed E-state index contributed by atoms with van der Waals surface area (Å²) in [4.78, 5) is 52.1. The topological polar surface area (TPSA) is 95.6 Å². The van der Waals surface area contributed by atoms with Gasteiger partial charge in [0.25, 0.3) is 0 Å². The lowest BCUT2D eigenvalue weighted by Crippen LogP contribution is -2.34. The SMILES string of the molecule is Cc1ccc(NC(=O)C(=O)NCc2ccc(C(=O)c3ccsc3)s2)cc1N1CCCC1=O. The zero-order valence-electron chi connectivity index (χ0n) is 17.3. The number of aryl methyl sites for hydroxylation is 1. The lowest BCUT2D eigenvalue weighted by molar-refractivity contribution is -0.136. The number of thiophene rings is 2. The van der Waals surface area contributed by atoms with Crippen molar-refractivity contribution in [3.05, 3.63) is 68.0 Å². The van der Waals surface area contributed by atoms with Crippen LogP contribution in [-0.4, -0.2) is 30.0 Å². The fourth-order valence-corrected chi connectivity index (χ4v) is 4.99. The zero-order chi connectivity index (χ0) is 22.7. The molecule has 0 atom stereocenters. The van der Waals surface area contributed by atoms with Gasteiger partial charge in [0, 0.05) is 40.2 Å². The maximum atomic E-state index is 12.4. The number of carbonyl (C=O) groups excluding carboxylic acids is 4. The third-order valence-electron chi connectivity index (χ3n) is 5.13. The highest BCUT2D eigenvalue weighted by molar-refractivity contribution is 7.14. The van der Waals surface area contributed by atoms with E-state index in [1.807, 2.05) is 18.4 Å². The van der Waals surface area contributed by atoms with E-state index in [4.69, 9.17) is 0 Å². The minimum absolute atomic E-state index is 0.0572. The molecule has 2 N–H and O–H groups in total. The smallest absolute Gasteiger partial charge is 0.313 e. The molecule has 3 amide bonds. The molecule has 32 heavy (non-hydrogen) atoms. The van der Waals surface area contributed by atoms with E-state index >= 15 is 0 Å². The maximum Gasteiger partial charge on any atom is 0.313 e. The Balaban J connectivity index is 1.34. The van der Waals surface area contributed by atoms with Crippen molar-refractivity contribution < 1.29 is 19.2 Å². The van der Waals surface area contributed by atoms with Crippen molar-refractivity contribution in [2.45, 2.75) is 26.3 Å². The van der Waals surface area contributed by atoms with Gasteiger partial charge in [0.2, 0.25) is 11.7 Å². The molecule has 1 saturated heterocycles. The molecular weight excluding hydrogens is 446 g/mol. The molecular formula is C23H21N3O4S2. The van der Waals surface area contributed by atoms with Gasteiger partial charge in [-0.25, -0.2) is 0 Å². The molecule has 1 aliphatic heterocycles. The molecule has 0 radical (unpaired) electrons. The Morgan fingerprint density at radius 2 is 1.94 bits per heavy atom. The Morgan fingerprint density at radius 3 is 2.66 bits per heavy atom. The fourth-order valence-electron chi connectivity index (χ4n) is 3.45. The van der Waals surface area contributed by atoms with Crippen LogP contribution in [0.3, 0.4) is 0 Å². The summed E-state index contributed by atoms with van der Waals surface area (Å²) < 4.78 is 0. The molecule has 0 unspecified atom stereocenters. The van der Waals surface area contributed by atoms with Crippen LogP contribution in [0.5, 0.6) is 0 Å². The maximum absolute atomic E-state index is 12.4. The van der Waals surface area contributed by atoms with Gasteiger partial charge < -0.3 is 15.5 Å². The van der Waals surface area contributed by atoms with Crippen molar-refractivity contribution in [2.75, 3.05) is 16.8 Å². The van der Waals surface area contributed by atoms with E-state index in [0.717, 1.165) is 22.5 Å². The minimum Gasteiger partial charge on any atom is -0.343 e. The van der Waals surface area contributed by atoms with Gasteiger partial charge in [-0.1, -0.05) is 6.07 Å². The van der Waals surface area contributed by atoms with Crippen LogP contribution in [0.15, 0.2) is 47.2 Å². The van der Waals surface area contributed by atoms with Crippen LogP contribution in [0.1, 0.15) is 38.5 Å². The first kappa shape index (κ1) is 21.9. The molecule has 0 bridgehead atoms. The predicted octanol–water partition coefficient (Wildman–Crippen LogP) is 3.73. The quantitative estimate of drug-likeness (QED) is 0.427. The standard InChI is InChI=1S/C23H21N3O4S2/c1-14-4-5-16(11-18(14)26-9-2-3-20(26)27)25-23(30)22(29)24-12-17-6-7-19(32-17)21(28)15-8-10-31-13-15/h4-8,10-11,13H,2-3,9,12H2,1H3,(H,24,29)(H,25,30). The van der Waals surface area contributed by atoms with Crippen LogP contribution in [-0.2, 0) is 20.9 Å². The van der Waals surface area contributed by atoms with Gasteiger partial charge >= 0.3 is 11.8 Å². The minimum atomic E-state index is -0.793. The first-order valence-corrected chi connectivity index (χ1v) is 11.8. The normalized spacial score (nSPS) is 13.3. The molecule has 164 valence electrons. The van der Waals surface area contributed by atoms with E-state index in [2.05, 4.69) is 10.6 Å². The molecule has 0 saturated carbocycles. The molecule has 0 aliphatic carbocycles. The van der Waals surface area contributed by atoms with E-state index < -0.39 is 11.8 Å². The summed E-state index contributed by atoms with van der Waals surface area (Å²) in [6.07, 6.45) is 1.32. The first-order chi connectivity index (χ1) is 15.4. The molecule has 9 heteroatoms. The van der Waals surface area contributed by atoms with Gasteiger partial charge in [-0.05, 0) is 54.6 Å². The Morgan fingerprint density at radius 1 is 1.09 bits per heavy atom. The number of nitrogens with zero attached hydrogens (tertiary/aromatic N) is 1. The summed E-state index contributed by atoms with van der Waals surface area (Å²) in [6, 6.07) is 10.5. The number of benzene rings is 1. The third-order valence-corrected chi connectivity index (χ3v) is 6.90. The average Bonchev–Trinajstić information content (AvgIpc) is 3.55. The highest BCUT2D eigenvalue weighted by Gasteiger charge is 2.24. The number of amides is 3. The van der Waals surface area contributed by atoms with Crippen molar-refractivity contribution in [1.82, 2.24) is 5.32 Å². The summed E-state index contributed by atoms with van der Waals surface area (Å²) in [5, 5.41) is 8.81. The van der Waals surface area contributed by atoms with Gasteiger partial charge in [-0.15, -0.1) is 11.3 Å². The number of carbonyl (C=O) groups is 4. The molecule has 0 spiro atoms. The van der Waals surface area contributed by atoms with Gasteiger partial charge in [-0.2, -0.15) is 11.3 Å². The number of ketones is 1. The third kappa shape index (κ3) is 4.79. The molecule has 7 nitrogen and oxygen atoms in total.